The van der Waals surface area contributed by atoms with E-state index in [-0.39, 0.29) is 17.8 Å². The SMILES string of the molecule is Cc1nc(C(F)F)cc(C#N)c1CN. The number of aromatic nitrogens is 1. The van der Waals surface area contributed by atoms with Crippen LogP contribution in [-0.2, 0) is 6.54 Å². The zero-order valence-corrected chi connectivity index (χ0v) is 7.59. The molecule has 0 radical (unpaired) electrons. The molecule has 0 atom stereocenters. The molecule has 0 saturated heterocycles. The number of pyridine rings is 1. The summed E-state index contributed by atoms with van der Waals surface area (Å²) in [6.07, 6.45) is -2.66. The van der Waals surface area contributed by atoms with Crippen molar-refractivity contribution in [3.8, 4) is 6.07 Å². The second kappa shape index (κ2) is 4.11. The van der Waals surface area contributed by atoms with Crippen molar-refractivity contribution in [2.24, 2.45) is 5.73 Å². The number of nitriles is 1. The Labute approximate surface area is 80.2 Å². The van der Waals surface area contributed by atoms with E-state index in [1.54, 1.807) is 6.92 Å². The highest BCUT2D eigenvalue weighted by Crippen LogP contribution is 2.21. The zero-order valence-electron chi connectivity index (χ0n) is 7.59. The summed E-state index contributed by atoms with van der Waals surface area (Å²) in [4.78, 5) is 3.67. The van der Waals surface area contributed by atoms with Crippen LogP contribution in [0.3, 0.4) is 0 Å². The molecule has 3 nitrogen and oxygen atoms in total. The molecule has 0 amide bonds. The van der Waals surface area contributed by atoms with E-state index < -0.39 is 6.43 Å². The molecule has 5 heteroatoms. The van der Waals surface area contributed by atoms with E-state index in [4.69, 9.17) is 11.0 Å². The summed E-state index contributed by atoms with van der Waals surface area (Å²) in [5.41, 5.74) is 6.09. The molecule has 0 spiro atoms. The van der Waals surface area contributed by atoms with Gasteiger partial charge in [-0.05, 0) is 13.0 Å². The van der Waals surface area contributed by atoms with Gasteiger partial charge in [0.1, 0.15) is 5.69 Å². The van der Waals surface area contributed by atoms with E-state index in [0.717, 1.165) is 6.07 Å². The van der Waals surface area contributed by atoms with E-state index in [2.05, 4.69) is 4.98 Å². The number of alkyl halides is 2. The molecule has 14 heavy (non-hydrogen) atoms. The molecule has 0 saturated carbocycles. The maximum absolute atomic E-state index is 12.3. The standard InChI is InChI=1S/C9H9F2N3/c1-5-7(4-13)6(3-12)2-8(14-5)9(10)11/h2,9H,4,13H2,1H3. The molecule has 1 aromatic rings. The van der Waals surface area contributed by atoms with E-state index in [9.17, 15) is 8.78 Å². The van der Waals surface area contributed by atoms with Crippen molar-refractivity contribution in [3.63, 3.8) is 0 Å². The molecule has 0 aliphatic rings. The van der Waals surface area contributed by atoms with Crippen LogP contribution in [0.4, 0.5) is 8.78 Å². The maximum Gasteiger partial charge on any atom is 0.280 e. The molecule has 0 aliphatic carbocycles. The van der Waals surface area contributed by atoms with Gasteiger partial charge in [-0.25, -0.2) is 8.78 Å². The average molecular weight is 197 g/mol. The van der Waals surface area contributed by atoms with E-state index >= 15 is 0 Å². The van der Waals surface area contributed by atoms with Crippen LogP contribution in [0.1, 0.15) is 28.9 Å². The Balaban J connectivity index is 3.33. The molecular weight excluding hydrogens is 188 g/mol. The Morgan fingerprint density at radius 1 is 1.64 bits per heavy atom. The third kappa shape index (κ3) is 1.86. The summed E-state index contributed by atoms with van der Waals surface area (Å²) >= 11 is 0. The second-order valence-electron chi connectivity index (χ2n) is 2.78. The third-order valence-corrected chi connectivity index (χ3v) is 1.90. The summed E-state index contributed by atoms with van der Waals surface area (Å²) in [6, 6.07) is 2.91. The molecule has 0 fully saturated rings. The van der Waals surface area contributed by atoms with Gasteiger partial charge in [0, 0.05) is 17.8 Å². The first-order valence-corrected chi connectivity index (χ1v) is 3.99. The van der Waals surface area contributed by atoms with Gasteiger partial charge in [0.25, 0.3) is 6.43 Å². The predicted molar refractivity (Wildman–Crippen MR) is 46.5 cm³/mol. The van der Waals surface area contributed by atoms with Gasteiger partial charge < -0.3 is 5.73 Å². The Morgan fingerprint density at radius 2 is 2.29 bits per heavy atom. The van der Waals surface area contributed by atoms with Gasteiger partial charge in [-0.2, -0.15) is 5.26 Å². The van der Waals surface area contributed by atoms with Crippen molar-refractivity contribution in [2.75, 3.05) is 0 Å². The Kier molecular flexibility index (Phi) is 3.10. The fourth-order valence-corrected chi connectivity index (χ4v) is 1.19. The fraction of sp³-hybridized carbons (Fsp3) is 0.333. The average Bonchev–Trinajstić information content (AvgIpc) is 2.16. The lowest BCUT2D eigenvalue weighted by Crippen LogP contribution is -2.06. The van der Waals surface area contributed by atoms with Crippen molar-refractivity contribution >= 4 is 0 Å². The van der Waals surface area contributed by atoms with E-state index in [0.29, 0.717) is 11.3 Å². The lowest BCUT2D eigenvalue weighted by Gasteiger charge is -2.07. The number of halogens is 2. The van der Waals surface area contributed by atoms with Crippen molar-refractivity contribution in [2.45, 2.75) is 19.9 Å². The Hall–Kier alpha value is -1.54. The predicted octanol–water partition coefficient (Wildman–Crippen LogP) is 1.66. The maximum atomic E-state index is 12.3. The number of aryl methyl sites for hydroxylation is 1. The van der Waals surface area contributed by atoms with Crippen LogP contribution in [0.5, 0.6) is 0 Å². The topological polar surface area (TPSA) is 62.7 Å². The first kappa shape index (κ1) is 10.5. The lowest BCUT2D eigenvalue weighted by atomic mass is 10.1. The quantitative estimate of drug-likeness (QED) is 0.784. The van der Waals surface area contributed by atoms with E-state index in [1.165, 1.54) is 0 Å². The number of hydrogen-bond acceptors (Lipinski definition) is 3. The fourth-order valence-electron chi connectivity index (χ4n) is 1.19. The molecule has 1 heterocycles. The molecule has 1 rings (SSSR count). The molecule has 0 bridgehead atoms. The first-order valence-electron chi connectivity index (χ1n) is 3.99. The summed E-state index contributed by atoms with van der Waals surface area (Å²) in [5, 5.41) is 8.70. The summed E-state index contributed by atoms with van der Waals surface area (Å²) < 4.78 is 24.6. The molecule has 0 unspecified atom stereocenters. The number of nitrogens with two attached hydrogens (primary N) is 1. The Bertz CT molecular complexity index is 382. The first-order chi connectivity index (χ1) is 6.60. The molecule has 0 aromatic carbocycles. The second-order valence-corrected chi connectivity index (χ2v) is 2.78. The summed E-state index contributed by atoms with van der Waals surface area (Å²) in [5.74, 6) is 0. The van der Waals surface area contributed by atoms with Gasteiger partial charge >= 0.3 is 0 Å². The highest BCUT2D eigenvalue weighted by atomic mass is 19.3. The molecule has 2 N–H and O–H groups in total. The number of hydrogen-bond donors (Lipinski definition) is 1. The highest BCUT2D eigenvalue weighted by molar-refractivity contribution is 5.41. The smallest absolute Gasteiger partial charge is 0.280 e. The highest BCUT2D eigenvalue weighted by Gasteiger charge is 2.14. The van der Waals surface area contributed by atoms with Gasteiger partial charge in [-0.1, -0.05) is 0 Å². The molecule has 1 aromatic heterocycles. The molecule has 74 valence electrons. The minimum atomic E-state index is -2.66. The zero-order chi connectivity index (χ0) is 10.7. The largest absolute Gasteiger partial charge is 0.326 e. The normalized spacial score (nSPS) is 10.3. The van der Waals surface area contributed by atoms with Crippen LogP contribution in [0.15, 0.2) is 6.07 Å². The van der Waals surface area contributed by atoms with Gasteiger partial charge in [0.2, 0.25) is 0 Å². The monoisotopic (exact) mass is 197 g/mol. The number of nitrogens with zero attached hydrogens (tertiary/aromatic N) is 2. The lowest BCUT2D eigenvalue weighted by molar-refractivity contribution is 0.146. The van der Waals surface area contributed by atoms with Crippen LogP contribution in [0.2, 0.25) is 0 Å². The van der Waals surface area contributed by atoms with Gasteiger partial charge in [0.15, 0.2) is 0 Å². The van der Waals surface area contributed by atoms with Crippen LogP contribution >= 0.6 is 0 Å². The summed E-state index contributed by atoms with van der Waals surface area (Å²) in [6.45, 7) is 1.69. The van der Waals surface area contributed by atoms with Crippen LogP contribution < -0.4 is 5.73 Å². The van der Waals surface area contributed by atoms with Crippen molar-refractivity contribution in [1.82, 2.24) is 4.98 Å². The minimum Gasteiger partial charge on any atom is -0.326 e. The summed E-state index contributed by atoms with van der Waals surface area (Å²) in [7, 11) is 0. The molecule has 0 aliphatic heterocycles. The van der Waals surface area contributed by atoms with Crippen molar-refractivity contribution in [1.29, 1.82) is 5.26 Å². The van der Waals surface area contributed by atoms with Crippen LogP contribution in [-0.4, -0.2) is 4.98 Å². The van der Waals surface area contributed by atoms with Crippen molar-refractivity contribution < 1.29 is 8.78 Å². The van der Waals surface area contributed by atoms with Crippen molar-refractivity contribution in [3.05, 3.63) is 28.6 Å². The van der Waals surface area contributed by atoms with Gasteiger partial charge in [0.05, 0.1) is 11.6 Å². The van der Waals surface area contributed by atoms with Crippen LogP contribution in [0.25, 0.3) is 0 Å². The third-order valence-electron chi connectivity index (χ3n) is 1.90. The van der Waals surface area contributed by atoms with Gasteiger partial charge in [-0.15, -0.1) is 0 Å². The minimum absolute atomic E-state index is 0.130. The van der Waals surface area contributed by atoms with E-state index in [1.807, 2.05) is 6.07 Å². The Morgan fingerprint density at radius 3 is 2.71 bits per heavy atom. The number of rotatable bonds is 2. The molecular formula is C9H9F2N3. The van der Waals surface area contributed by atoms with Crippen LogP contribution in [0, 0.1) is 18.3 Å². The van der Waals surface area contributed by atoms with Gasteiger partial charge in [-0.3, -0.25) is 4.98 Å².